The van der Waals surface area contributed by atoms with Gasteiger partial charge in [0.05, 0.1) is 12.2 Å². The molecule has 2 aromatic rings. The van der Waals surface area contributed by atoms with E-state index in [1.165, 1.54) is 11.0 Å². The lowest BCUT2D eigenvalue weighted by molar-refractivity contribution is 0.475. The highest BCUT2D eigenvalue weighted by atomic mass is 19.1. The quantitative estimate of drug-likeness (QED) is 0.880. The summed E-state index contributed by atoms with van der Waals surface area (Å²) in [5.74, 6) is 0.154. The molecule has 0 radical (unpaired) electrons. The average Bonchev–Trinajstić information content (AvgIpc) is 2.85. The minimum Gasteiger partial charge on any atom is -0.406 e. The summed E-state index contributed by atoms with van der Waals surface area (Å²) >= 11 is 0. The lowest BCUT2D eigenvalue weighted by Gasteiger charge is -2.14. The number of hydrogen-bond donors (Lipinski definition) is 1. The van der Waals surface area contributed by atoms with Crippen molar-refractivity contribution in [3.8, 4) is 0 Å². The van der Waals surface area contributed by atoms with Crippen LogP contribution in [0.4, 0.5) is 16.1 Å². The molecule has 0 aliphatic heterocycles. The van der Waals surface area contributed by atoms with Crippen LogP contribution in [0, 0.1) is 5.82 Å². The predicted molar refractivity (Wildman–Crippen MR) is 66.1 cm³/mol. The molecule has 1 aromatic carbocycles. The van der Waals surface area contributed by atoms with Crippen LogP contribution in [0.15, 0.2) is 28.7 Å². The highest BCUT2D eigenvalue weighted by Gasteiger charge is 2.14. The molecule has 0 aliphatic rings. The third-order valence-electron chi connectivity index (χ3n) is 2.48. The number of rotatable bonds is 5. The second-order valence-electron chi connectivity index (χ2n) is 3.77. The Morgan fingerprint density at radius 3 is 2.83 bits per heavy atom. The summed E-state index contributed by atoms with van der Waals surface area (Å²) in [5, 5.41) is 10.9. The van der Waals surface area contributed by atoms with Crippen LogP contribution in [-0.4, -0.2) is 23.8 Å². The van der Waals surface area contributed by atoms with Gasteiger partial charge in [0.1, 0.15) is 5.82 Å². The first-order chi connectivity index (χ1) is 8.72. The summed E-state index contributed by atoms with van der Waals surface area (Å²) < 4.78 is 19.0. The number of halogens is 1. The third-order valence-corrected chi connectivity index (χ3v) is 2.48. The zero-order chi connectivity index (χ0) is 13.0. The van der Waals surface area contributed by atoms with Crippen LogP contribution in [0.3, 0.4) is 0 Å². The molecule has 0 saturated carbocycles. The zero-order valence-corrected chi connectivity index (χ0v) is 10.4. The Bertz CT molecular complexity index is 514. The van der Waals surface area contributed by atoms with E-state index in [0.717, 1.165) is 6.54 Å². The molecular formula is C12H15FN4O. The topological polar surface area (TPSA) is 54.2 Å². The van der Waals surface area contributed by atoms with Gasteiger partial charge in [-0.1, -0.05) is 24.2 Å². The van der Waals surface area contributed by atoms with Gasteiger partial charge in [0.2, 0.25) is 5.89 Å². The highest BCUT2D eigenvalue weighted by molar-refractivity contribution is 5.55. The Morgan fingerprint density at radius 1 is 1.33 bits per heavy atom. The fourth-order valence-corrected chi connectivity index (χ4v) is 1.51. The normalized spacial score (nSPS) is 10.6. The maximum absolute atomic E-state index is 13.6. The smallest absolute Gasteiger partial charge is 0.322 e. The van der Waals surface area contributed by atoms with Gasteiger partial charge in [-0.05, 0) is 18.7 Å². The van der Waals surface area contributed by atoms with Crippen molar-refractivity contribution in [1.82, 2.24) is 15.5 Å². The van der Waals surface area contributed by atoms with Crippen LogP contribution in [0.25, 0.3) is 0 Å². The van der Waals surface area contributed by atoms with Crippen molar-refractivity contribution in [1.29, 1.82) is 0 Å². The Morgan fingerprint density at radius 2 is 2.11 bits per heavy atom. The minimum atomic E-state index is -0.327. The zero-order valence-electron chi connectivity index (χ0n) is 10.4. The molecule has 0 saturated heterocycles. The Hall–Kier alpha value is -1.95. The van der Waals surface area contributed by atoms with Crippen molar-refractivity contribution < 1.29 is 8.81 Å². The standard InChI is InChI=1S/C12H15FN4O/c1-3-14-8-11-15-16-12(18-11)17(2)10-7-5-4-6-9(10)13/h4-7,14H,3,8H2,1-2H3. The fraction of sp³-hybridized carbons (Fsp3) is 0.333. The molecule has 0 bridgehead atoms. The SMILES string of the molecule is CCNCc1nnc(N(C)c2ccccc2F)o1. The van der Waals surface area contributed by atoms with E-state index in [2.05, 4.69) is 15.5 Å². The molecule has 0 aliphatic carbocycles. The van der Waals surface area contributed by atoms with E-state index in [4.69, 9.17) is 4.42 Å². The molecule has 0 unspecified atom stereocenters. The average molecular weight is 250 g/mol. The van der Waals surface area contributed by atoms with Gasteiger partial charge in [-0.15, -0.1) is 5.10 Å². The molecule has 1 aromatic heterocycles. The van der Waals surface area contributed by atoms with Crippen molar-refractivity contribution in [3.63, 3.8) is 0 Å². The molecule has 1 N–H and O–H groups in total. The van der Waals surface area contributed by atoms with Gasteiger partial charge in [-0.3, -0.25) is 4.90 Å². The first-order valence-electron chi connectivity index (χ1n) is 5.73. The van der Waals surface area contributed by atoms with Gasteiger partial charge in [0.25, 0.3) is 0 Å². The largest absolute Gasteiger partial charge is 0.406 e. The van der Waals surface area contributed by atoms with Crippen molar-refractivity contribution >= 4 is 11.7 Å². The lowest BCUT2D eigenvalue weighted by atomic mass is 10.3. The summed E-state index contributed by atoms with van der Waals surface area (Å²) in [4.78, 5) is 1.53. The molecule has 96 valence electrons. The van der Waals surface area contributed by atoms with E-state index in [0.29, 0.717) is 18.1 Å². The van der Waals surface area contributed by atoms with E-state index >= 15 is 0 Å². The van der Waals surface area contributed by atoms with E-state index in [-0.39, 0.29) is 11.8 Å². The second kappa shape index (κ2) is 5.59. The predicted octanol–water partition coefficient (Wildman–Crippen LogP) is 2.09. The first-order valence-corrected chi connectivity index (χ1v) is 5.73. The summed E-state index contributed by atoms with van der Waals surface area (Å²) in [5.41, 5.74) is 0.399. The minimum absolute atomic E-state index is 0.271. The molecule has 0 fully saturated rings. The van der Waals surface area contributed by atoms with Crippen LogP contribution in [0.5, 0.6) is 0 Å². The number of para-hydroxylation sites is 1. The van der Waals surface area contributed by atoms with Crippen molar-refractivity contribution in [2.75, 3.05) is 18.5 Å². The number of benzene rings is 1. The molecule has 0 amide bonds. The van der Waals surface area contributed by atoms with E-state index in [9.17, 15) is 4.39 Å². The Labute approximate surface area is 105 Å². The lowest BCUT2D eigenvalue weighted by Crippen LogP contribution is -2.12. The molecule has 5 nitrogen and oxygen atoms in total. The van der Waals surface area contributed by atoms with Gasteiger partial charge >= 0.3 is 6.01 Å². The number of anilines is 2. The number of aromatic nitrogens is 2. The monoisotopic (exact) mass is 250 g/mol. The summed E-state index contributed by atoms with van der Waals surface area (Å²) in [6.45, 7) is 3.32. The van der Waals surface area contributed by atoms with Gasteiger partial charge in [-0.25, -0.2) is 4.39 Å². The van der Waals surface area contributed by atoms with Crippen molar-refractivity contribution in [2.45, 2.75) is 13.5 Å². The summed E-state index contributed by atoms with van der Waals surface area (Å²) in [6, 6.07) is 6.71. The Balaban J connectivity index is 2.16. The van der Waals surface area contributed by atoms with E-state index < -0.39 is 0 Å². The molecular weight excluding hydrogens is 235 g/mol. The number of nitrogens with zero attached hydrogens (tertiary/aromatic N) is 3. The Kier molecular flexibility index (Phi) is 3.88. The molecule has 2 rings (SSSR count). The summed E-state index contributed by atoms with van der Waals surface area (Å²) in [6.07, 6.45) is 0. The maximum atomic E-state index is 13.6. The first kappa shape index (κ1) is 12.5. The molecule has 18 heavy (non-hydrogen) atoms. The summed E-state index contributed by atoms with van der Waals surface area (Å²) in [7, 11) is 1.68. The highest BCUT2D eigenvalue weighted by Crippen LogP contribution is 2.24. The second-order valence-corrected chi connectivity index (χ2v) is 3.77. The molecule has 0 spiro atoms. The van der Waals surface area contributed by atoms with Crippen LogP contribution >= 0.6 is 0 Å². The van der Waals surface area contributed by atoms with E-state index in [1.807, 2.05) is 6.92 Å². The number of nitrogens with one attached hydrogen (secondary N) is 1. The molecule has 1 heterocycles. The third kappa shape index (κ3) is 2.65. The van der Waals surface area contributed by atoms with Gasteiger partial charge in [-0.2, -0.15) is 0 Å². The van der Waals surface area contributed by atoms with Gasteiger partial charge < -0.3 is 9.73 Å². The van der Waals surface area contributed by atoms with Crippen LogP contribution in [-0.2, 0) is 6.54 Å². The van der Waals surface area contributed by atoms with Crippen LogP contribution in [0.2, 0.25) is 0 Å². The molecule has 0 atom stereocenters. The molecule has 6 heteroatoms. The van der Waals surface area contributed by atoms with E-state index in [1.54, 1.807) is 25.2 Å². The van der Waals surface area contributed by atoms with Gasteiger partial charge in [0, 0.05) is 7.05 Å². The van der Waals surface area contributed by atoms with Crippen molar-refractivity contribution in [3.05, 3.63) is 36.0 Å². The van der Waals surface area contributed by atoms with Crippen LogP contribution < -0.4 is 10.2 Å². The number of hydrogen-bond acceptors (Lipinski definition) is 5. The van der Waals surface area contributed by atoms with Gasteiger partial charge in [0.15, 0.2) is 0 Å². The maximum Gasteiger partial charge on any atom is 0.322 e. The fourth-order valence-electron chi connectivity index (χ4n) is 1.51. The van der Waals surface area contributed by atoms with Crippen LogP contribution in [0.1, 0.15) is 12.8 Å². The van der Waals surface area contributed by atoms with Crippen molar-refractivity contribution in [2.24, 2.45) is 0 Å².